The van der Waals surface area contributed by atoms with Crippen molar-refractivity contribution in [3.63, 3.8) is 0 Å². The summed E-state index contributed by atoms with van der Waals surface area (Å²) in [6.45, 7) is 0. The van der Waals surface area contributed by atoms with E-state index in [-0.39, 0.29) is 0 Å². The van der Waals surface area contributed by atoms with Gasteiger partial charge in [0.05, 0.1) is 0 Å². The van der Waals surface area contributed by atoms with Crippen LogP contribution in [0.5, 0.6) is 0 Å². The molecule has 4 aromatic carbocycles. The zero-order chi connectivity index (χ0) is 13.7. The van der Waals surface area contributed by atoms with Crippen LogP contribution < -0.4 is 0 Å². The summed E-state index contributed by atoms with van der Waals surface area (Å²) < 4.78 is 0. The van der Waals surface area contributed by atoms with Crippen LogP contribution in [-0.2, 0) is 0 Å². The van der Waals surface area contributed by atoms with Crippen LogP contribution in [-0.4, -0.2) is 12.5 Å². The summed E-state index contributed by atoms with van der Waals surface area (Å²) in [5.74, 6) is 0. The first-order chi connectivity index (χ1) is 9.83. The number of benzene rings is 4. The van der Waals surface area contributed by atoms with Crippen LogP contribution in [0.4, 0.5) is 0 Å². The average molecular weight is 276 g/mol. The standard InChI is InChI=1S/C18H12OS/c1-20-18-14(10-19)9-13-6-5-11-3-2-4-12-7-8-15(18)17(13)16(11)12/h2-10H,1H3. The number of aldehydes is 1. The molecule has 0 bridgehead atoms. The van der Waals surface area contributed by atoms with Crippen molar-refractivity contribution >= 4 is 50.4 Å². The fourth-order valence-corrected chi connectivity index (χ4v) is 3.86. The SMILES string of the molecule is CSc1c(C=O)cc2ccc3cccc4ccc1c2c34. The topological polar surface area (TPSA) is 17.1 Å². The normalized spacial score (nSPS) is 11.7. The van der Waals surface area contributed by atoms with Crippen LogP contribution in [0.15, 0.2) is 53.4 Å². The molecule has 0 atom stereocenters. The van der Waals surface area contributed by atoms with Crippen molar-refractivity contribution in [1.82, 2.24) is 0 Å². The molecule has 0 aliphatic rings. The molecule has 0 aliphatic carbocycles. The predicted octanol–water partition coefficient (Wildman–Crippen LogP) is 5.12. The van der Waals surface area contributed by atoms with Gasteiger partial charge in [-0.1, -0.05) is 42.5 Å². The van der Waals surface area contributed by atoms with Gasteiger partial charge in [-0.3, -0.25) is 4.79 Å². The summed E-state index contributed by atoms with van der Waals surface area (Å²) in [6.07, 6.45) is 2.99. The molecule has 20 heavy (non-hydrogen) atoms. The number of carbonyl (C=O) groups excluding carboxylic acids is 1. The molecule has 0 amide bonds. The van der Waals surface area contributed by atoms with E-state index in [1.165, 1.54) is 26.9 Å². The lowest BCUT2D eigenvalue weighted by molar-refractivity contribution is 0.112. The molecule has 4 rings (SSSR count). The summed E-state index contributed by atoms with van der Waals surface area (Å²) in [5, 5.41) is 7.41. The number of carbonyl (C=O) groups is 1. The molecule has 0 aliphatic heterocycles. The van der Waals surface area contributed by atoms with Crippen LogP contribution in [0.3, 0.4) is 0 Å². The van der Waals surface area contributed by atoms with Crippen molar-refractivity contribution < 1.29 is 4.79 Å². The van der Waals surface area contributed by atoms with Gasteiger partial charge in [-0.25, -0.2) is 0 Å². The molecule has 4 aromatic rings. The van der Waals surface area contributed by atoms with Gasteiger partial charge in [-0.2, -0.15) is 0 Å². The first-order valence-electron chi connectivity index (χ1n) is 6.53. The lowest BCUT2D eigenvalue weighted by atomic mass is 9.93. The third-order valence-corrected chi connectivity index (χ3v) is 4.82. The largest absolute Gasteiger partial charge is 0.298 e. The Labute approximate surface area is 120 Å². The van der Waals surface area contributed by atoms with E-state index in [1.54, 1.807) is 11.8 Å². The van der Waals surface area contributed by atoms with Gasteiger partial charge >= 0.3 is 0 Å². The molecule has 0 radical (unpaired) electrons. The highest BCUT2D eigenvalue weighted by Crippen LogP contribution is 2.39. The fourth-order valence-electron chi connectivity index (χ4n) is 3.12. The van der Waals surface area contributed by atoms with E-state index in [0.717, 1.165) is 22.1 Å². The van der Waals surface area contributed by atoms with E-state index in [2.05, 4.69) is 42.5 Å². The highest BCUT2D eigenvalue weighted by Gasteiger charge is 2.13. The molecule has 0 N–H and O–H groups in total. The average Bonchev–Trinajstić information content (AvgIpc) is 2.51. The first-order valence-corrected chi connectivity index (χ1v) is 7.75. The van der Waals surface area contributed by atoms with Crippen LogP contribution in [0.25, 0.3) is 32.3 Å². The summed E-state index contributed by atoms with van der Waals surface area (Å²) >= 11 is 1.64. The number of thioether (sulfide) groups is 1. The second-order valence-electron chi connectivity index (χ2n) is 4.97. The van der Waals surface area contributed by atoms with Gasteiger partial charge in [0, 0.05) is 10.5 Å². The zero-order valence-electron chi connectivity index (χ0n) is 11.0. The number of hydrogen-bond donors (Lipinski definition) is 0. The Balaban J connectivity index is 2.37. The van der Waals surface area contributed by atoms with E-state index in [4.69, 9.17) is 0 Å². The van der Waals surface area contributed by atoms with Gasteiger partial charge in [0.15, 0.2) is 6.29 Å². The second-order valence-corrected chi connectivity index (χ2v) is 5.79. The van der Waals surface area contributed by atoms with E-state index >= 15 is 0 Å². The highest BCUT2D eigenvalue weighted by molar-refractivity contribution is 7.99. The molecule has 0 spiro atoms. The Morgan fingerprint density at radius 3 is 2.30 bits per heavy atom. The van der Waals surface area contributed by atoms with Crippen LogP contribution in [0.1, 0.15) is 10.4 Å². The Morgan fingerprint density at radius 2 is 1.60 bits per heavy atom. The monoisotopic (exact) mass is 276 g/mol. The van der Waals surface area contributed by atoms with Crippen molar-refractivity contribution in [3.05, 3.63) is 54.1 Å². The predicted molar refractivity (Wildman–Crippen MR) is 87.3 cm³/mol. The van der Waals surface area contributed by atoms with Gasteiger partial charge in [0.25, 0.3) is 0 Å². The second kappa shape index (κ2) is 4.22. The lowest BCUT2D eigenvalue weighted by Gasteiger charge is -2.14. The third-order valence-electron chi connectivity index (χ3n) is 3.96. The van der Waals surface area contributed by atoms with E-state index in [0.29, 0.717) is 0 Å². The third kappa shape index (κ3) is 1.43. The van der Waals surface area contributed by atoms with Gasteiger partial charge in [0.2, 0.25) is 0 Å². The molecule has 0 saturated heterocycles. The Morgan fingerprint density at radius 1 is 0.900 bits per heavy atom. The molecular formula is C18H12OS. The molecular weight excluding hydrogens is 264 g/mol. The van der Waals surface area contributed by atoms with Crippen molar-refractivity contribution in [1.29, 1.82) is 0 Å². The minimum Gasteiger partial charge on any atom is -0.298 e. The van der Waals surface area contributed by atoms with Gasteiger partial charge in [-0.15, -0.1) is 11.8 Å². The first kappa shape index (κ1) is 11.7. The Bertz CT molecular complexity index is 940. The summed E-state index contributed by atoms with van der Waals surface area (Å²) in [5.41, 5.74) is 0.781. The van der Waals surface area contributed by atoms with Crippen molar-refractivity contribution in [2.45, 2.75) is 4.90 Å². The maximum atomic E-state index is 11.3. The van der Waals surface area contributed by atoms with Gasteiger partial charge < -0.3 is 0 Å². The van der Waals surface area contributed by atoms with Crippen LogP contribution in [0, 0.1) is 0 Å². The molecule has 2 heteroatoms. The summed E-state index contributed by atoms with van der Waals surface area (Å²) in [4.78, 5) is 12.4. The van der Waals surface area contributed by atoms with Crippen molar-refractivity contribution in [2.75, 3.05) is 6.26 Å². The summed E-state index contributed by atoms with van der Waals surface area (Å²) in [7, 11) is 0. The molecule has 0 heterocycles. The fraction of sp³-hybridized carbons (Fsp3) is 0.0556. The molecule has 1 nitrogen and oxygen atoms in total. The molecule has 0 saturated carbocycles. The van der Waals surface area contributed by atoms with Crippen molar-refractivity contribution in [3.8, 4) is 0 Å². The highest BCUT2D eigenvalue weighted by atomic mass is 32.2. The molecule has 0 unspecified atom stereocenters. The zero-order valence-corrected chi connectivity index (χ0v) is 11.8. The Kier molecular flexibility index (Phi) is 2.48. The maximum Gasteiger partial charge on any atom is 0.151 e. The van der Waals surface area contributed by atoms with E-state index in [9.17, 15) is 4.79 Å². The minimum atomic E-state index is 0.781. The molecule has 0 fully saturated rings. The maximum absolute atomic E-state index is 11.3. The number of hydrogen-bond acceptors (Lipinski definition) is 2. The minimum absolute atomic E-state index is 0.781. The molecule has 0 aromatic heterocycles. The lowest BCUT2D eigenvalue weighted by Crippen LogP contribution is -1.91. The number of rotatable bonds is 2. The molecule has 96 valence electrons. The van der Waals surface area contributed by atoms with Gasteiger partial charge in [0.1, 0.15) is 0 Å². The summed E-state index contributed by atoms with van der Waals surface area (Å²) in [6, 6.07) is 16.9. The Hall–Kier alpha value is -2.06. The van der Waals surface area contributed by atoms with Gasteiger partial charge in [-0.05, 0) is 44.6 Å². The quantitative estimate of drug-likeness (QED) is 0.287. The van der Waals surface area contributed by atoms with Crippen LogP contribution in [0.2, 0.25) is 0 Å². The van der Waals surface area contributed by atoms with Crippen molar-refractivity contribution in [2.24, 2.45) is 0 Å². The smallest absolute Gasteiger partial charge is 0.151 e. The van der Waals surface area contributed by atoms with Crippen LogP contribution >= 0.6 is 11.8 Å². The van der Waals surface area contributed by atoms with E-state index in [1.807, 2.05) is 12.3 Å². The van der Waals surface area contributed by atoms with E-state index < -0.39 is 0 Å².